The first-order valence-corrected chi connectivity index (χ1v) is 7.84. The van der Waals surface area contributed by atoms with Crippen LogP contribution in [0.1, 0.15) is 31.7 Å². The van der Waals surface area contributed by atoms with Crippen LogP contribution in [-0.2, 0) is 19.7 Å². The smallest absolute Gasteiger partial charge is 0.323 e. The molecule has 1 N–H and O–H groups in total. The molecule has 0 aromatic heterocycles. The lowest BCUT2D eigenvalue weighted by molar-refractivity contribution is -0.149. The maximum Gasteiger partial charge on any atom is 0.323 e. The fourth-order valence-electron chi connectivity index (χ4n) is 3.12. The van der Waals surface area contributed by atoms with Gasteiger partial charge in [-0.3, -0.25) is 9.59 Å². The van der Waals surface area contributed by atoms with E-state index >= 15 is 0 Å². The summed E-state index contributed by atoms with van der Waals surface area (Å²) >= 11 is 0. The highest BCUT2D eigenvalue weighted by atomic mass is 19.1. The molecule has 1 heterocycles. The largest absolute Gasteiger partial charge is 0.480 e. The van der Waals surface area contributed by atoms with Crippen LogP contribution in [0.2, 0.25) is 0 Å². The highest BCUT2D eigenvalue weighted by molar-refractivity contribution is 5.90. The van der Waals surface area contributed by atoms with Crippen LogP contribution in [0.15, 0.2) is 24.3 Å². The van der Waals surface area contributed by atoms with Crippen molar-refractivity contribution in [1.29, 1.82) is 0 Å². The number of benzene rings is 1. The number of amides is 1. The molecule has 0 unspecified atom stereocenters. The number of carboxylic acids is 1. The molecule has 1 aliphatic rings. The number of carbonyl (C=O) groups is 2. The Morgan fingerprint density at radius 2 is 2.04 bits per heavy atom. The molecule has 6 heteroatoms. The van der Waals surface area contributed by atoms with Gasteiger partial charge in [-0.2, -0.15) is 0 Å². The van der Waals surface area contributed by atoms with Gasteiger partial charge in [0.05, 0.1) is 5.41 Å². The molecule has 5 nitrogen and oxygen atoms in total. The maximum absolute atomic E-state index is 13.7. The molecule has 0 aliphatic carbocycles. The zero-order chi connectivity index (χ0) is 16.9. The van der Waals surface area contributed by atoms with Crippen LogP contribution in [0.5, 0.6) is 0 Å². The number of ether oxygens (including phenoxy) is 1. The second-order valence-electron chi connectivity index (χ2n) is 5.83. The second kappa shape index (κ2) is 7.55. The number of aliphatic carboxylic acids is 1. The van der Waals surface area contributed by atoms with E-state index in [2.05, 4.69) is 0 Å². The Morgan fingerprint density at radius 1 is 1.35 bits per heavy atom. The van der Waals surface area contributed by atoms with Gasteiger partial charge in [0.15, 0.2) is 0 Å². The van der Waals surface area contributed by atoms with Crippen LogP contribution in [0, 0.1) is 5.82 Å². The Kier molecular flexibility index (Phi) is 5.71. The molecule has 0 spiro atoms. The summed E-state index contributed by atoms with van der Waals surface area (Å²) in [4.78, 5) is 25.6. The molecule has 0 radical (unpaired) electrons. The molecular formula is C17H22FNO4. The van der Waals surface area contributed by atoms with Crippen LogP contribution < -0.4 is 0 Å². The molecule has 126 valence electrons. The molecule has 2 rings (SSSR count). The first-order chi connectivity index (χ1) is 11.0. The van der Waals surface area contributed by atoms with Crippen molar-refractivity contribution >= 4 is 11.9 Å². The number of hydrogen-bond acceptors (Lipinski definition) is 3. The molecule has 1 aliphatic heterocycles. The lowest BCUT2D eigenvalue weighted by Crippen LogP contribution is -2.51. The van der Waals surface area contributed by atoms with E-state index in [0.717, 1.165) is 0 Å². The van der Waals surface area contributed by atoms with Crippen molar-refractivity contribution < 1.29 is 23.8 Å². The van der Waals surface area contributed by atoms with Crippen molar-refractivity contribution in [2.24, 2.45) is 0 Å². The molecule has 1 fully saturated rings. The topological polar surface area (TPSA) is 66.8 Å². The number of rotatable bonds is 6. The van der Waals surface area contributed by atoms with Crippen molar-refractivity contribution in [2.75, 3.05) is 26.3 Å². The zero-order valence-electron chi connectivity index (χ0n) is 13.3. The Bertz CT molecular complexity index is 569. The highest BCUT2D eigenvalue weighted by Crippen LogP contribution is 2.37. The number of carboxylic acid groups (broad SMARTS) is 1. The number of carbonyl (C=O) groups excluding carboxylic acids is 1. The van der Waals surface area contributed by atoms with Gasteiger partial charge in [0.25, 0.3) is 0 Å². The van der Waals surface area contributed by atoms with E-state index in [9.17, 15) is 14.0 Å². The van der Waals surface area contributed by atoms with Gasteiger partial charge in [-0.05, 0) is 37.0 Å². The minimum absolute atomic E-state index is 0.254. The van der Waals surface area contributed by atoms with Gasteiger partial charge >= 0.3 is 5.97 Å². The van der Waals surface area contributed by atoms with Crippen LogP contribution in [0.3, 0.4) is 0 Å². The third kappa shape index (κ3) is 3.88. The van der Waals surface area contributed by atoms with Crippen molar-refractivity contribution in [3.8, 4) is 0 Å². The van der Waals surface area contributed by atoms with Crippen molar-refractivity contribution in [2.45, 2.75) is 31.6 Å². The van der Waals surface area contributed by atoms with Crippen molar-refractivity contribution in [3.63, 3.8) is 0 Å². The summed E-state index contributed by atoms with van der Waals surface area (Å²) in [5.74, 6) is -1.70. The Balaban J connectivity index is 2.40. The fourth-order valence-corrected chi connectivity index (χ4v) is 3.12. The number of halogens is 1. The van der Waals surface area contributed by atoms with E-state index in [1.54, 1.807) is 12.1 Å². The molecule has 1 amide bonds. The quantitative estimate of drug-likeness (QED) is 0.871. The monoisotopic (exact) mass is 323 g/mol. The highest BCUT2D eigenvalue weighted by Gasteiger charge is 2.44. The molecular weight excluding hydrogens is 301 g/mol. The number of hydrogen-bond donors (Lipinski definition) is 1. The van der Waals surface area contributed by atoms with Gasteiger partial charge in [0.2, 0.25) is 5.91 Å². The Morgan fingerprint density at radius 3 is 2.61 bits per heavy atom. The first kappa shape index (κ1) is 17.4. The van der Waals surface area contributed by atoms with E-state index in [0.29, 0.717) is 44.6 Å². The molecule has 23 heavy (non-hydrogen) atoms. The van der Waals surface area contributed by atoms with Gasteiger partial charge in [0.1, 0.15) is 12.4 Å². The van der Waals surface area contributed by atoms with Crippen LogP contribution >= 0.6 is 0 Å². The van der Waals surface area contributed by atoms with E-state index in [1.165, 1.54) is 17.0 Å². The fraction of sp³-hybridized carbons (Fsp3) is 0.529. The third-order valence-electron chi connectivity index (χ3n) is 4.24. The van der Waals surface area contributed by atoms with Gasteiger partial charge in [-0.1, -0.05) is 19.1 Å². The van der Waals surface area contributed by atoms with Crippen molar-refractivity contribution in [3.05, 3.63) is 35.6 Å². The number of nitrogens with zero attached hydrogens (tertiary/aromatic N) is 1. The maximum atomic E-state index is 13.7. The molecule has 1 saturated heterocycles. The van der Waals surface area contributed by atoms with Crippen LogP contribution in [0.25, 0.3) is 0 Å². The van der Waals surface area contributed by atoms with Crippen LogP contribution in [0.4, 0.5) is 4.39 Å². The summed E-state index contributed by atoms with van der Waals surface area (Å²) in [5.41, 5.74) is -0.317. The minimum Gasteiger partial charge on any atom is -0.480 e. The summed E-state index contributed by atoms with van der Waals surface area (Å²) in [6.45, 7) is 2.71. The van der Waals surface area contributed by atoms with Gasteiger partial charge in [0, 0.05) is 19.8 Å². The van der Waals surface area contributed by atoms with Gasteiger partial charge in [-0.15, -0.1) is 0 Å². The first-order valence-electron chi connectivity index (χ1n) is 7.84. The summed E-state index contributed by atoms with van der Waals surface area (Å²) in [7, 11) is 0. The SMILES string of the molecule is CCCN(CC(=O)O)C(=O)C1(c2cccc(F)c2)CCOCC1. The molecule has 0 atom stereocenters. The average Bonchev–Trinajstić information content (AvgIpc) is 2.54. The predicted octanol–water partition coefficient (Wildman–Crippen LogP) is 2.20. The average molecular weight is 323 g/mol. The van der Waals surface area contributed by atoms with Gasteiger partial charge < -0.3 is 14.7 Å². The van der Waals surface area contributed by atoms with E-state index < -0.39 is 17.2 Å². The summed E-state index contributed by atoms with van der Waals surface area (Å²) in [6, 6.07) is 6.02. The van der Waals surface area contributed by atoms with E-state index in [-0.39, 0.29) is 12.5 Å². The predicted molar refractivity (Wildman–Crippen MR) is 82.6 cm³/mol. The van der Waals surface area contributed by atoms with E-state index in [4.69, 9.17) is 9.84 Å². The van der Waals surface area contributed by atoms with Crippen molar-refractivity contribution in [1.82, 2.24) is 4.90 Å². The summed E-state index contributed by atoms with van der Waals surface area (Å²) in [5, 5.41) is 9.08. The van der Waals surface area contributed by atoms with E-state index in [1.807, 2.05) is 6.92 Å². The lowest BCUT2D eigenvalue weighted by Gasteiger charge is -2.39. The minimum atomic E-state index is -1.05. The third-order valence-corrected chi connectivity index (χ3v) is 4.24. The lowest BCUT2D eigenvalue weighted by atomic mass is 9.73. The Labute approximate surface area is 135 Å². The summed E-state index contributed by atoms with van der Waals surface area (Å²) < 4.78 is 19.0. The van der Waals surface area contributed by atoms with Gasteiger partial charge in [-0.25, -0.2) is 4.39 Å². The Hall–Kier alpha value is -1.95. The standard InChI is InChI=1S/C17H22FNO4/c1-2-8-19(12-15(20)21)16(22)17(6-9-23-10-7-17)13-4-3-5-14(18)11-13/h3-5,11H,2,6-10,12H2,1H3,(H,20,21). The zero-order valence-corrected chi connectivity index (χ0v) is 13.3. The molecule has 0 bridgehead atoms. The normalized spacial score (nSPS) is 16.8. The molecule has 1 aromatic carbocycles. The molecule has 1 aromatic rings. The molecule has 0 saturated carbocycles. The van der Waals surface area contributed by atoms with Crippen LogP contribution in [-0.4, -0.2) is 48.2 Å². The summed E-state index contributed by atoms with van der Waals surface area (Å²) in [6.07, 6.45) is 1.51. The second-order valence-corrected chi connectivity index (χ2v) is 5.83.